The molecule has 0 unspecified atom stereocenters. The van der Waals surface area contributed by atoms with Crippen LogP contribution in [0.5, 0.6) is 0 Å². The Morgan fingerprint density at radius 2 is 1.95 bits per heavy atom. The Labute approximate surface area is 133 Å². The molecule has 20 heavy (non-hydrogen) atoms. The van der Waals surface area contributed by atoms with Gasteiger partial charge in [0.15, 0.2) is 0 Å². The molecule has 7 heteroatoms. The molecular formula is C13H10BrClN2O2S. The Balaban J connectivity index is 2.12. The van der Waals surface area contributed by atoms with Crippen LogP contribution in [0.2, 0.25) is 5.02 Å². The lowest BCUT2D eigenvalue weighted by Crippen LogP contribution is -2.11. The first-order chi connectivity index (χ1) is 9.45. The van der Waals surface area contributed by atoms with Crippen molar-refractivity contribution >= 4 is 62.1 Å². The minimum atomic E-state index is -0.205. The Hall–Kier alpha value is -1.37. The van der Waals surface area contributed by atoms with Gasteiger partial charge in [0.25, 0.3) is 5.91 Å². The highest BCUT2D eigenvalue weighted by molar-refractivity contribution is 9.11. The van der Waals surface area contributed by atoms with Gasteiger partial charge in [-0.15, -0.1) is 11.3 Å². The highest BCUT2D eigenvalue weighted by Crippen LogP contribution is 2.27. The Morgan fingerprint density at radius 1 is 1.20 bits per heavy atom. The lowest BCUT2D eigenvalue weighted by atomic mass is 10.2. The second-order valence-electron chi connectivity index (χ2n) is 3.93. The van der Waals surface area contributed by atoms with Crippen LogP contribution in [-0.2, 0) is 4.79 Å². The van der Waals surface area contributed by atoms with Crippen LogP contribution in [0.1, 0.15) is 16.6 Å². The molecule has 2 aromatic rings. The number of anilines is 2. The molecule has 0 aliphatic carbocycles. The van der Waals surface area contributed by atoms with Crippen molar-refractivity contribution in [3.63, 3.8) is 0 Å². The Morgan fingerprint density at radius 3 is 2.50 bits per heavy atom. The molecule has 0 radical (unpaired) electrons. The SMILES string of the molecule is CC(=O)Nc1ccc(NC(=O)c2ccc(Br)s2)cc1Cl. The molecule has 1 aromatic carbocycles. The van der Waals surface area contributed by atoms with E-state index in [4.69, 9.17) is 11.6 Å². The summed E-state index contributed by atoms with van der Waals surface area (Å²) in [6.07, 6.45) is 0. The molecule has 2 N–H and O–H groups in total. The zero-order valence-corrected chi connectivity index (χ0v) is 13.5. The number of carbonyl (C=O) groups is 2. The van der Waals surface area contributed by atoms with E-state index in [0.29, 0.717) is 21.3 Å². The summed E-state index contributed by atoms with van der Waals surface area (Å²) in [6, 6.07) is 8.46. The third-order valence-electron chi connectivity index (χ3n) is 2.33. The summed E-state index contributed by atoms with van der Waals surface area (Å²) in [6.45, 7) is 1.40. The molecule has 4 nitrogen and oxygen atoms in total. The van der Waals surface area contributed by atoms with E-state index in [-0.39, 0.29) is 11.8 Å². The number of benzene rings is 1. The molecule has 0 fully saturated rings. The van der Waals surface area contributed by atoms with Gasteiger partial charge >= 0.3 is 0 Å². The van der Waals surface area contributed by atoms with Crippen molar-refractivity contribution in [2.24, 2.45) is 0 Å². The number of carbonyl (C=O) groups excluding carboxylic acids is 2. The van der Waals surface area contributed by atoms with Gasteiger partial charge in [0.05, 0.1) is 19.4 Å². The molecule has 2 amide bonds. The van der Waals surface area contributed by atoms with E-state index in [0.717, 1.165) is 3.79 Å². The fourth-order valence-electron chi connectivity index (χ4n) is 1.51. The normalized spacial score (nSPS) is 10.2. The topological polar surface area (TPSA) is 58.2 Å². The van der Waals surface area contributed by atoms with Crippen LogP contribution in [0.3, 0.4) is 0 Å². The summed E-state index contributed by atoms with van der Waals surface area (Å²) >= 11 is 10.7. The minimum Gasteiger partial charge on any atom is -0.325 e. The molecule has 0 aliphatic heterocycles. The lowest BCUT2D eigenvalue weighted by Gasteiger charge is -2.08. The summed E-state index contributed by atoms with van der Waals surface area (Å²) < 4.78 is 0.890. The Bertz CT molecular complexity index is 672. The molecule has 1 heterocycles. The lowest BCUT2D eigenvalue weighted by molar-refractivity contribution is -0.114. The van der Waals surface area contributed by atoms with E-state index >= 15 is 0 Å². The molecule has 0 bridgehead atoms. The highest BCUT2D eigenvalue weighted by Gasteiger charge is 2.10. The molecule has 0 aliphatic rings. The van der Waals surface area contributed by atoms with Crippen LogP contribution < -0.4 is 10.6 Å². The van der Waals surface area contributed by atoms with Crippen molar-refractivity contribution in [2.45, 2.75) is 6.92 Å². The molecular weight excluding hydrogens is 364 g/mol. The zero-order valence-electron chi connectivity index (χ0n) is 10.4. The molecule has 0 saturated carbocycles. The van der Waals surface area contributed by atoms with Gasteiger partial charge in [-0.05, 0) is 46.3 Å². The smallest absolute Gasteiger partial charge is 0.265 e. The monoisotopic (exact) mass is 372 g/mol. The van der Waals surface area contributed by atoms with Crippen LogP contribution in [0.15, 0.2) is 34.1 Å². The number of rotatable bonds is 3. The maximum atomic E-state index is 12.0. The number of nitrogens with one attached hydrogen (secondary N) is 2. The zero-order chi connectivity index (χ0) is 14.7. The van der Waals surface area contributed by atoms with Gasteiger partial charge in [-0.25, -0.2) is 0 Å². The minimum absolute atomic E-state index is 0.202. The van der Waals surface area contributed by atoms with E-state index in [9.17, 15) is 9.59 Å². The maximum absolute atomic E-state index is 12.0. The fourth-order valence-corrected chi connectivity index (χ4v) is 3.02. The van der Waals surface area contributed by atoms with Crippen LogP contribution in [0.25, 0.3) is 0 Å². The molecule has 0 spiro atoms. The van der Waals surface area contributed by atoms with Crippen LogP contribution in [0, 0.1) is 0 Å². The summed E-state index contributed by atoms with van der Waals surface area (Å²) in [7, 11) is 0. The van der Waals surface area contributed by atoms with Crippen molar-refractivity contribution < 1.29 is 9.59 Å². The van der Waals surface area contributed by atoms with Crippen LogP contribution >= 0.6 is 38.9 Å². The maximum Gasteiger partial charge on any atom is 0.265 e. The van der Waals surface area contributed by atoms with Crippen molar-refractivity contribution in [2.75, 3.05) is 10.6 Å². The average molecular weight is 374 g/mol. The van der Waals surface area contributed by atoms with Crippen LogP contribution in [0.4, 0.5) is 11.4 Å². The van der Waals surface area contributed by atoms with Gasteiger partial charge in [0, 0.05) is 12.6 Å². The summed E-state index contributed by atoms with van der Waals surface area (Å²) in [5.74, 6) is -0.406. The van der Waals surface area contributed by atoms with Gasteiger partial charge < -0.3 is 10.6 Å². The number of hydrogen-bond donors (Lipinski definition) is 2. The van der Waals surface area contributed by atoms with Gasteiger partial charge in [-0.3, -0.25) is 9.59 Å². The van der Waals surface area contributed by atoms with Gasteiger partial charge in [-0.2, -0.15) is 0 Å². The van der Waals surface area contributed by atoms with Crippen molar-refractivity contribution in [1.29, 1.82) is 0 Å². The first-order valence-electron chi connectivity index (χ1n) is 5.59. The number of amides is 2. The van der Waals surface area contributed by atoms with Crippen LogP contribution in [-0.4, -0.2) is 11.8 Å². The quantitative estimate of drug-likeness (QED) is 0.839. The third-order valence-corrected chi connectivity index (χ3v) is 4.27. The summed E-state index contributed by atoms with van der Waals surface area (Å²) in [5.41, 5.74) is 1.08. The number of thiophene rings is 1. The van der Waals surface area contributed by atoms with E-state index in [1.165, 1.54) is 18.3 Å². The molecule has 1 aromatic heterocycles. The van der Waals surface area contributed by atoms with E-state index in [1.807, 2.05) is 6.07 Å². The van der Waals surface area contributed by atoms with Crippen molar-refractivity contribution in [3.8, 4) is 0 Å². The standard InChI is InChI=1S/C13H10BrClN2O2S/c1-7(18)16-10-3-2-8(6-9(10)15)17-13(19)11-4-5-12(14)20-11/h2-6H,1H3,(H,16,18)(H,17,19). The van der Waals surface area contributed by atoms with Gasteiger partial charge in [0.2, 0.25) is 5.91 Å². The van der Waals surface area contributed by atoms with Crippen molar-refractivity contribution in [3.05, 3.63) is 44.0 Å². The summed E-state index contributed by atoms with van der Waals surface area (Å²) in [5, 5.41) is 5.71. The van der Waals surface area contributed by atoms with E-state index in [2.05, 4.69) is 26.6 Å². The molecule has 0 atom stereocenters. The van der Waals surface area contributed by atoms with Gasteiger partial charge in [0.1, 0.15) is 0 Å². The largest absolute Gasteiger partial charge is 0.325 e. The van der Waals surface area contributed by atoms with Gasteiger partial charge in [-0.1, -0.05) is 11.6 Å². The first-order valence-corrected chi connectivity index (χ1v) is 7.58. The second-order valence-corrected chi connectivity index (χ2v) is 6.80. The first kappa shape index (κ1) is 15.0. The predicted molar refractivity (Wildman–Crippen MR) is 85.7 cm³/mol. The van der Waals surface area contributed by atoms with Crippen molar-refractivity contribution in [1.82, 2.24) is 0 Å². The highest BCUT2D eigenvalue weighted by atomic mass is 79.9. The van der Waals surface area contributed by atoms with E-state index in [1.54, 1.807) is 24.3 Å². The second kappa shape index (κ2) is 6.39. The molecule has 104 valence electrons. The van der Waals surface area contributed by atoms with E-state index < -0.39 is 0 Å². The number of halogens is 2. The number of hydrogen-bond acceptors (Lipinski definition) is 3. The molecule has 2 rings (SSSR count). The summed E-state index contributed by atoms with van der Waals surface area (Å²) in [4.78, 5) is 23.5. The average Bonchev–Trinajstić information content (AvgIpc) is 2.79. The molecule has 0 saturated heterocycles. The third kappa shape index (κ3) is 3.82. The fraction of sp³-hybridized carbons (Fsp3) is 0.0769. The Kier molecular flexibility index (Phi) is 4.80. The predicted octanol–water partition coefficient (Wildman–Crippen LogP) is 4.37.